The Bertz CT molecular complexity index is 318. The van der Waals surface area contributed by atoms with Crippen molar-refractivity contribution in [1.82, 2.24) is 0 Å². The molecule has 2 nitrogen and oxygen atoms in total. The van der Waals surface area contributed by atoms with Gasteiger partial charge in [-0.15, -0.1) is 6.58 Å². The first-order valence-electron chi connectivity index (χ1n) is 4.66. The Morgan fingerprint density at radius 2 is 2.21 bits per heavy atom. The summed E-state index contributed by atoms with van der Waals surface area (Å²) in [4.78, 5) is 5.03. The molecule has 1 aromatic rings. The molecule has 0 amide bonds. The van der Waals surface area contributed by atoms with Crippen molar-refractivity contribution in [3.8, 4) is 0 Å². The number of rotatable bonds is 5. The average Bonchev–Trinajstić information content (AvgIpc) is 2.20. The molecular weight excluding hydrogens is 174 g/mol. The maximum atomic E-state index is 5.03. The molecule has 0 saturated carbocycles. The van der Waals surface area contributed by atoms with E-state index < -0.39 is 0 Å². The van der Waals surface area contributed by atoms with Crippen molar-refractivity contribution < 1.29 is 4.84 Å². The third-order valence-electron chi connectivity index (χ3n) is 1.87. The Balaban J connectivity index is 2.43. The van der Waals surface area contributed by atoms with Crippen molar-refractivity contribution in [2.24, 2.45) is 5.16 Å². The van der Waals surface area contributed by atoms with Crippen molar-refractivity contribution in [3.63, 3.8) is 0 Å². The molecule has 0 radical (unpaired) electrons. The highest BCUT2D eigenvalue weighted by molar-refractivity contribution is 5.80. The van der Waals surface area contributed by atoms with E-state index in [-0.39, 0.29) is 0 Å². The van der Waals surface area contributed by atoms with Gasteiger partial charge in [-0.05, 0) is 18.1 Å². The van der Waals surface area contributed by atoms with E-state index in [1.54, 1.807) is 6.21 Å². The molecule has 2 heteroatoms. The highest BCUT2D eigenvalue weighted by Gasteiger charge is 1.91. The Hall–Kier alpha value is -1.57. The quantitative estimate of drug-likeness (QED) is 0.302. The van der Waals surface area contributed by atoms with Crippen LogP contribution in [0.15, 0.2) is 42.1 Å². The summed E-state index contributed by atoms with van der Waals surface area (Å²) < 4.78 is 0. The summed E-state index contributed by atoms with van der Waals surface area (Å²) in [6.07, 6.45) is 4.37. The van der Waals surface area contributed by atoms with Crippen LogP contribution in [0.25, 0.3) is 0 Å². The first kappa shape index (κ1) is 10.5. The fourth-order valence-electron chi connectivity index (χ4n) is 1.01. The first-order chi connectivity index (χ1) is 6.84. The van der Waals surface area contributed by atoms with Crippen LogP contribution in [-0.4, -0.2) is 12.8 Å². The fraction of sp³-hybridized carbons (Fsp3) is 0.250. The molecule has 0 unspecified atom stereocenters. The van der Waals surface area contributed by atoms with Crippen molar-refractivity contribution >= 4 is 6.21 Å². The van der Waals surface area contributed by atoms with Crippen molar-refractivity contribution in [3.05, 3.63) is 48.0 Å². The van der Waals surface area contributed by atoms with Crippen LogP contribution in [-0.2, 0) is 4.84 Å². The van der Waals surface area contributed by atoms with E-state index in [0.29, 0.717) is 6.61 Å². The summed E-state index contributed by atoms with van der Waals surface area (Å²) >= 11 is 0. The van der Waals surface area contributed by atoms with E-state index >= 15 is 0 Å². The van der Waals surface area contributed by atoms with Crippen LogP contribution < -0.4 is 0 Å². The lowest BCUT2D eigenvalue weighted by atomic mass is 10.1. The predicted octanol–water partition coefficient (Wildman–Crippen LogP) is 2.92. The zero-order chi connectivity index (χ0) is 10.2. The largest absolute Gasteiger partial charge is 0.395 e. The summed E-state index contributed by atoms with van der Waals surface area (Å²) in [5.74, 6) is 0. The summed E-state index contributed by atoms with van der Waals surface area (Å²) in [5, 5.41) is 3.87. The number of hydrogen-bond acceptors (Lipinski definition) is 2. The maximum Gasteiger partial charge on any atom is 0.120 e. The summed E-state index contributed by atoms with van der Waals surface area (Å²) in [5.41, 5.74) is 2.29. The Morgan fingerprint density at radius 1 is 1.43 bits per heavy atom. The number of aryl methyl sites for hydroxylation is 1. The molecule has 1 aromatic carbocycles. The van der Waals surface area contributed by atoms with E-state index in [1.807, 2.05) is 37.3 Å². The van der Waals surface area contributed by atoms with E-state index in [0.717, 1.165) is 12.0 Å². The lowest BCUT2D eigenvalue weighted by Crippen LogP contribution is -1.89. The molecule has 0 N–H and O–H groups in total. The Labute approximate surface area is 84.9 Å². The summed E-state index contributed by atoms with van der Waals surface area (Å²) in [6, 6.07) is 8.05. The average molecular weight is 189 g/mol. The van der Waals surface area contributed by atoms with Crippen LogP contribution in [0.1, 0.15) is 17.5 Å². The third kappa shape index (κ3) is 3.44. The standard InChI is InChI=1S/C12H15NO/c1-3-4-9-14-13-10-12-8-6-5-7-11(12)2/h3,5-8,10H,1,4,9H2,2H3. The van der Waals surface area contributed by atoms with Gasteiger partial charge in [-0.1, -0.05) is 35.5 Å². The van der Waals surface area contributed by atoms with Gasteiger partial charge in [0.2, 0.25) is 0 Å². The van der Waals surface area contributed by atoms with Gasteiger partial charge in [0.25, 0.3) is 0 Å². The zero-order valence-corrected chi connectivity index (χ0v) is 8.44. The second-order valence-corrected chi connectivity index (χ2v) is 3.00. The number of oxime groups is 1. The number of hydrogen-bond donors (Lipinski definition) is 0. The monoisotopic (exact) mass is 189 g/mol. The number of benzene rings is 1. The normalized spacial score (nSPS) is 10.4. The lowest BCUT2D eigenvalue weighted by molar-refractivity contribution is 0.151. The summed E-state index contributed by atoms with van der Waals surface area (Å²) in [6.45, 7) is 6.23. The number of nitrogens with zero attached hydrogens (tertiary/aromatic N) is 1. The second kappa shape index (κ2) is 5.97. The van der Waals surface area contributed by atoms with Crippen molar-refractivity contribution in [2.45, 2.75) is 13.3 Å². The van der Waals surface area contributed by atoms with Crippen molar-refractivity contribution in [1.29, 1.82) is 0 Å². The molecule has 14 heavy (non-hydrogen) atoms. The predicted molar refractivity (Wildman–Crippen MR) is 59.5 cm³/mol. The van der Waals surface area contributed by atoms with Crippen LogP contribution in [0.3, 0.4) is 0 Å². The topological polar surface area (TPSA) is 21.6 Å². The van der Waals surface area contributed by atoms with Gasteiger partial charge in [-0.2, -0.15) is 0 Å². The van der Waals surface area contributed by atoms with E-state index in [4.69, 9.17) is 4.84 Å². The molecular formula is C12H15NO. The molecule has 0 fully saturated rings. The van der Waals surface area contributed by atoms with Gasteiger partial charge in [0.1, 0.15) is 6.61 Å². The van der Waals surface area contributed by atoms with E-state index in [2.05, 4.69) is 11.7 Å². The first-order valence-corrected chi connectivity index (χ1v) is 4.66. The van der Waals surface area contributed by atoms with Gasteiger partial charge < -0.3 is 4.84 Å². The van der Waals surface area contributed by atoms with Gasteiger partial charge >= 0.3 is 0 Å². The van der Waals surface area contributed by atoms with Crippen LogP contribution in [0, 0.1) is 6.92 Å². The molecule has 0 heterocycles. The van der Waals surface area contributed by atoms with Crippen molar-refractivity contribution in [2.75, 3.05) is 6.61 Å². The highest BCUT2D eigenvalue weighted by atomic mass is 16.6. The van der Waals surface area contributed by atoms with Crippen LogP contribution in [0.4, 0.5) is 0 Å². The zero-order valence-electron chi connectivity index (χ0n) is 8.44. The van der Waals surface area contributed by atoms with Crippen LogP contribution in [0.5, 0.6) is 0 Å². The molecule has 0 bridgehead atoms. The molecule has 0 spiro atoms. The SMILES string of the molecule is C=CCCON=Cc1ccccc1C. The minimum Gasteiger partial charge on any atom is -0.395 e. The maximum absolute atomic E-state index is 5.03. The van der Waals surface area contributed by atoms with Gasteiger partial charge in [0, 0.05) is 6.42 Å². The second-order valence-electron chi connectivity index (χ2n) is 3.00. The molecule has 1 rings (SSSR count). The fourth-order valence-corrected chi connectivity index (χ4v) is 1.01. The summed E-state index contributed by atoms with van der Waals surface area (Å²) in [7, 11) is 0. The molecule has 0 aliphatic heterocycles. The highest BCUT2D eigenvalue weighted by Crippen LogP contribution is 2.03. The Kier molecular flexibility index (Phi) is 4.48. The third-order valence-corrected chi connectivity index (χ3v) is 1.87. The molecule has 0 saturated heterocycles. The van der Waals surface area contributed by atoms with Crippen LogP contribution >= 0.6 is 0 Å². The van der Waals surface area contributed by atoms with Crippen LogP contribution in [0.2, 0.25) is 0 Å². The van der Waals surface area contributed by atoms with E-state index in [1.165, 1.54) is 5.56 Å². The molecule has 0 atom stereocenters. The lowest BCUT2D eigenvalue weighted by Gasteiger charge is -1.98. The minimum absolute atomic E-state index is 0.589. The molecule has 0 aromatic heterocycles. The van der Waals surface area contributed by atoms with E-state index in [9.17, 15) is 0 Å². The van der Waals surface area contributed by atoms with Gasteiger partial charge in [-0.25, -0.2) is 0 Å². The minimum atomic E-state index is 0.589. The molecule has 0 aliphatic rings. The van der Waals surface area contributed by atoms with Gasteiger partial charge in [0.05, 0.1) is 6.21 Å². The molecule has 74 valence electrons. The van der Waals surface area contributed by atoms with Gasteiger partial charge in [0.15, 0.2) is 0 Å². The Morgan fingerprint density at radius 3 is 2.93 bits per heavy atom. The van der Waals surface area contributed by atoms with Gasteiger partial charge in [-0.3, -0.25) is 0 Å². The molecule has 0 aliphatic carbocycles. The smallest absolute Gasteiger partial charge is 0.120 e.